The Morgan fingerprint density at radius 3 is 2.67 bits per heavy atom. The van der Waals surface area contributed by atoms with Crippen molar-refractivity contribution in [2.24, 2.45) is 5.92 Å². The first-order valence-corrected chi connectivity index (χ1v) is 10.4. The molecule has 2 aromatic carbocycles. The third-order valence-electron chi connectivity index (χ3n) is 6.67. The number of carbonyl (C=O) groups excluding carboxylic acids is 2. The van der Waals surface area contributed by atoms with Gasteiger partial charge in [-0.3, -0.25) is 29.6 Å². The maximum Gasteiger partial charge on any atom is 0.269 e. The SMILES string of the molecule is CN1C[C@H](c2ccc([N+](=O)[O-])cc2)[C@@H](C(=O)c2cccnc2)[C@@]12C(=O)Nc1ccc(F)cc12. The van der Waals surface area contributed by atoms with E-state index in [0.717, 1.165) is 0 Å². The molecule has 33 heavy (non-hydrogen) atoms. The monoisotopic (exact) mass is 446 g/mol. The van der Waals surface area contributed by atoms with Crippen LogP contribution in [-0.4, -0.2) is 40.1 Å². The number of nitrogens with zero attached hydrogens (tertiary/aromatic N) is 3. The number of anilines is 1. The summed E-state index contributed by atoms with van der Waals surface area (Å²) in [5.74, 6) is -2.59. The maximum absolute atomic E-state index is 14.3. The highest BCUT2D eigenvalue weighted by Gasteiger charge is 2.64. The first-order valence-electron chi connectivity index (χ1n) is 10.4. The summed E-state index contributed by atoms with van der Waals surface area (Å²) in [4.78, 5) is 43.9. The summed E-state index contributed by atoms with van der Waals surface area (Å²) in [7, 11) is 1.73. The molecular weight excluding hydrogens is 427 g/mol. The summed E-state index contributed by atoms with van der Waals surface area (Å²) in [6.07, 6.45) is 2.99. The third kappa shape index (κ3) is 3.04. The molecule has 1 amide bonds. The molecule has 0 unspecified atom stereocenters. The Labute approximate surface area is 188 Å². The van der Waals surface area contributed by atoms with Gasteiger partial charge in [-0.25, -0.2) is 4.39 Å². The number of likely N-dealkylation sites (tertiary alicyclic amines) is 1. The number of aromatic nitrogens is 1. The second-order valence-corrected chi connectivity index (χ2v) is 8.33. The number of amides is 1. The van der Waals surface area contributed by atoms with Gasteiger partial charge in [-0.15, -0.1) is 0 Å². The number of hydrogen-bond acceptors (Lipinski definition) is 6. The van der Waals surface area contributed by atoms with Crippen LogP contribution in [0.4, 0.5) is 15.8 Å². The van der Waals surface area contributed by atoms with E-state index in [0.29, 0.717) is 28.9 Å². The zero-order chi connectivity index (χ0) is 23.3. The van der Waals surface area contributed by atoms with Crippen molar-refractivity contribution in [2.45, 2.75) is 11.5 Å². The number of benzene rings is 2. The van der Waals surface area contributed by atoms with E-state index in [2.05, 4.69) is 10.3 Å². The molecule has 1 saturated heterocycles. The van der Waals surface area contributed by atoms with Crippen LogP contribution >= 0.6 is 0 Å². The molecule has 2 aliphatic heterocycles. The number of non-ortho nitro benzene ring substituents is 1. The van der Waals surface area contributed by atoms with Crippen LogP contribution in [0, 0.1) is 21.8 Å². The molecule has 8 nitrogen and oxygen atoms in total. The van der Waals surface area contributed by atoms with Gasteiger partial charge in [0.25, 0.3) is 5.69 Å². The van der Waals surface area contributed by atoms with Gasteiger partial charge in [-0.05, 0) is 42.9 Å². The first-order chi connectivity index (χ1) is 15.8. The Morgan fingerprint density at radius 2 is 2.00 bits per heavy atom. The lowest BCUT2D eigenvalue weighted by Gasteiger charge is -2.35. The molecule has 1 spiro atoms. The minimum absolute atomic E-state index is 0.0685. The van der Waals surface area contributed by atoms with Gasteiger partial charge in [0.15, 0.2) is 5.78 Å². The average Bonchev–Trinajstić information content (AvgIpc) is 3.29. The van der Waals surface area contributed by atoms with Crippen LogP contribution in [0.1, 0.15) is 27.4 Å². The lowest BCUT2D eigenvalue weighted by molar-refractivity contribution is -0.384. The van der Waals surface area contributed by atoms with E-state index in [1.807, 2.05) is 0 Å². The number of pyridine rings is 1. The van der Waals surface area contributed by atoms with Crippen LogP contribution in [0.25, 0.3) is 0 Å². The predicted octanol–water partition coefficient (Wildman–Crippen LogP) is 3.50. The van der Waals surface area contributed by atoms with Crippen molar-refractivity contribution in [3.05, 3.63) is 99.6 Å². The lowest BCUT2D eigenvalue weighted by atomic mass is 9.70. The summed E-state index contributed by atoms with van der Waals surface area (Å²) < 4.78 is 14.3. The Kier molecular flexibility index (Phi) is 4.79. The van der Waals surface area contributed by atoms with Gasteiger partial charge >= 0.3 is 0 Å². The molecule has 2 aliphatic rings. The highest BCUT2D eigenvalue weighted by atomic mass is 19.1. The smallest absolute Gasteiger partial charge is 0.269 e. The van der Waals surface area contributed by atoms with Crippen molar-refractivity contribution in [3.63, 3.8) is 0 Å². The molecule has 1 aromatic heterocycles. The Hall–Kier alpha value is -3.98. The van der Waals surface area contributed by atoms with Gasteiger partial charge in [-0.2, -0.15) is 0 Å². The summed E-state index contributed by atoms with van der Waals surface area (Å²) in [6.45, 7) is 0.317. The van der Waals surface area contributed by atoms with Crippen LogP contribution in [0.3, 0.4) is 0 Å². The first kappa shape index (κ1) is 20.9. The largest absolute Gasteiger partial charge is 0.324 e. The van der Waals surface area contributed by atoms with Crippen LogP contribution in [-0.2, 0) is 10.3 Å². The molecular formula is C24H19FN4O4. The molecule has 0 aliphatic carbocycles. The number of hydrogen-bond donors (Lipinski definition) is 1. The highest BCUT2D eigenvalue weighted by Crippen LogP contribution is 2.55. The van der Waals surface area contributed by atoms with Crippen molar-refractivity contribution >= 4 is 23.1 Å². The summed E-state index contributed by atoms with van der Waals surface area (Å²) >= 11 is 0. The number of Topliss-reactive ketones (excluding diaryl/α,β-unsaturated/α-hetero) is 1. The Balaban J connectivity index is 1.71. The predicted molar refractivity (Wildman–Crippen MR) is 117 cm³/mol. The molecule has 9 heteroatoms. The van der Waals surface area contributed by atoms with Crippen molar-refractivity contribution in [1.29, 1.82) is 0 Å². The number of halogens is 1. The summed E-state index contributed by atoms with van der Waals surface area (Å²) in [5, 5.41) is 13.9. The number of ketones is 1. The molecule has 0 saturated carbocycles. The van der Waals surface area contributed by atoms with Crippen molar-refractivity contribution in [2.75, 3.05) is 18.9 Å². The fraction of sp³-hybridized carbons (Fsp3) is 0.208. The van der Waals surface area contributed by atoms with E-state index < -0.39 is 34.0 Å². The van der Waals surface area contributed by atoms with E-state index in [1.54, 1.807) is 42.4 Å². The van der Waals surface area contributed by atoms with Crippen molar-refractivity contribution < 1.29 is 18.9 Å². The van der Waals surface area contributed by atoms with Crippen molar-refractivity contribution in [1.82, 2.24) is 9.88 Å². The van der Waals surface area contributed by atoms with E-state index in [4.69, 9.17) is 0 Å². The van der Waals surface area contributed by atoms with Gasteiger partial charge in [0.2, 0.25) is 5.91 Å². The van der Waals surface area contributed by atoms with Crippen LogP contribution in [0.15, 0.2) is 67.0 Å². The second-order valence-electron chi connectivity index (χ2n) is 8.33. The molecule has 0 radical (unpaired) electrons. The number of rotatable bonds is 4. The Morgan fingerprint density at radius 1 is 1.24 bits per heavy atom. The second kappa shape index (κ2) is 7.56. The molecule has 166 valence electrons. The zero-order valence-corrected chi connectivity index (χ0v) is 17.6. The molecule has 3 aromatic rings. The molecule has 5 rings (SSSR count). The van der Waals surface area contributed by atoms with Crippen molar-refractivity contribution in [3.8, 4) is 0 Å². The number of carbonyl (C=O) groups is 2. The Bertz CT molecular complexity index is 1280. The van der Waals surface area contributed by atoms with Gasteiger partial charge in [0.05, 0.1) is 10.8 Å². The van der Waals surface area contributed by atoms with E-state index in [9.17, 15) is 24.1 Å². The van der Waals surface area contributed by atoms with Crippen LogP contribution in [0.2, 0.25) is 0 Å². The number of nitro groups is 1. The molecule has 1 fully saturated rings. The van der Waals surface area contributed by atoms with Gasteiger partial charge in [0.1, 0.15) is 11.4 Å². The summed E-state index contributed by atoms with van der Waals surface area (Å²) in [5.41, 5.74) is 0.381. The fourth-order valence-electron chi connectivity index (χ4n) is 5.24. The van der Waals surface area contributed by atoms with E-state index in [-0.39, 0.29) is 11.5 Å². The standard InChI is InChI=1S/C24H19FN4O4/c1-28-13-18(14-4-7-17(8-5-14)29(32)33)21(22(30)15-3-2-10-26-12-15)24(28)19-11-16(25)6-9-20(19)27-23(24)31/h2-12,18,21H,13H2,1H3,(H,27,31)/t18-,21+,24+/m1/s1. The van der Waals surface area contributed by atoms with E-state index in [1.165, 1.54) is 36.5 Å². The molecule has 0 bridgehead atoms. The van der Waals surface area contributed by atoms with Crippen LogP contribution in [0.5, 0.6) is 0 Å². The minimum atomic E-state index is -1.43. The van der Waals surface area contributed by atoms with Crippen LogP contribution < -0.4 is 5.32 Å². The fourth-order valence-corrected chi connectivity index (χ4v) is 5.24. The molecule has 3 heterocycles. The maximum atomic E-state index is 14.3. The quantitative estimate of drug-likeness (QED) is 0.374. The summed E-state index contributed by atoms with van der Waals surface area (Å²) in [6, 6.07) is 13.3. The normalized spacial score (nSPS) is 24.0. The zero-order valence-electron chi connectivity index (χ0n) is 17.6. The molecule has 3 atom stereocenters. The minimum Gasteiger partial charge on any atom is -0.324 e. The molecule has 1 N–H and O–H groups in total. The number of nitro benzene ring substituents is 1. The average molecular weight is 446 g/mol. The highest BCUT2D eigenvalue weighted by molar-refractivity contribution is 6.12. The third-order valence-corrected chi connectivity index (χ3v) is 6.67. The number of fused-ring (bicyclic) bond motifs is 2. The lowest BCUT2D eigenvalue weighted by Crippen LogP contribution is -2.51. The van der Waals surface area contributed by atoms with Gasteiger partial charge in [0, 0.05) is 53.8 Å². The number of nitrogens with one attached hydrogen (secondary N) is 1. The van der Waals surface area contributed by atoms with E-state index >= 15 is 0 Å². The van der Waals surface area contributed by atoms with Gasteiger partial charge in [-0.1, -0.05) is 12.1 Å². The topological polar surface area (TPSA) is 105 Å². The van der Waals surface area contributed by atoms with Gasteiger partial charge < -0.3 is 5.32 Å². The number of likely N-dealkylation sites (N-methyl/N-ethyl adjacent to an activating group) is 1.